The summed E-state index contributed by atoms with van der Waals surface area (Å²) in [5.74, 6) is 1.54. The van der Waals surface area contributed by atoms with Crippen molar-refractivity contribution in [3.05, 3.63) is 30.1 Å². The Labute approximate surface area is 136 Å². The van der Waals surface area contributed by atoms with Gasteiger partial charge < -0.3 is 9.88 Å². The second kappa shape index (κ2) is 6.93. The Balaban J connectivity index is 1.62. The molecule has 7 heteroatoms. The molecule has 0 aliphatic heterocycles. The molecule has 1 fully saturated rings. The van der Waals surface area contributed by atoms with E-state index in [0.717, 1.165) is 43.7 Å². The molecule has 2 atom stereocenters. The highest BCUT2D eigenvalue weighted by Crippen LogP contribution is 2.27. The van der Waals surface area contributed by atoms with Gasteiger partial charge in [-0.15, -0.1) is 5.10 Å². The Hall–Kier alpha value is -2.18. The van der Waals surface area contributed by atoms with E-state index >= 15 is 0 Å². The van der Waals surface area contributed by atoms with Crippen molar-refractivity contribution < 1.29 is 4.79 Å². The lowest BCUT2D eigenvalue weighted by atomic mass is 10.0. The van der Waals surface area contributed by atoms with Gasteiger partial charge in [-0.25, -0.2) is 4.98 Å². The summed E-state index contributed by atoms with van der Waals surface area (Å²) in [6, 6.07) is 0.264. The largest absolute Gasteiger partial charge is 0.353 e. The minimum Gasteiger partial charge on any atom is -0.353 e. The van der Waals surface area contributed by atoms with Gasteiger partial charge in [0.15, 0.2) is 0 Å². The first kappa shape index (κ1) is 15.7. The SMILES string of the molecule is CCc1nccn1Cc1cn(C[C@@H]2CCC[C@@H]2NC(C)=O)nn1. The quantitative estimate of drug-likeness (QED) is 0.873. The second-order valence-corrected chi connectivity index (χ2v) is 6.25. The molecule has 1 saturated carbocycles. The number of aromatic nitrogens is 5. The van der Waals surface area contributed by atoms with Crippen LogP contribution < -0.4 is 5.32 Å². The maximum atomic E-state index is 11.3. The third-order valence-electron chi connectivity index (χ3n) is 4.51. The minimum absolute atomic E-state index is 0.0494. The first-order chi connectivity index (χ1) is 11.2. The average Bonchev–Trinajstić information content (AvgIpc) is 3.22. The molecule has 0 unspecified atom stereocenters. The highest BCUT2D eigenvalue weighted by Gasteiger charge is 2.28. The Morgan fingerprint density at radius 3 is 3.09 bits per heavy atom. The zero-order valence-electron chi connectivity index (χ0n) is 13.8. The summed E-state index contributed by atoms with van der Waals surface area (Å²) in [5, 5.41) is 11.6. The van der Waals surface area contributed by atoms with Gasteiger partial charge in [-0.3, -0.25) is 9.48 Å². The van der Waals surface area contributed by atoms with Crippen LogP contribution in [0.1, 0.15) is 44.6 Å². The van der Waals surface area contributed by atoms with E-state index in [1.165, 1.54) is 0 Å². The number of amides is 1. The van der Waals surface area contributed by atoms with E-state index in [-0.39, 0.29) is 11.9 Å². The van der Waals surface area contributed by atoms with E-state index in [4.69, 9.17) is 0 Å². The van der Waals surface area contributed by atoms with Gasteiger partial charge in [-0.2, -0.15) is 0 Å². The molecule has 0 radical (unpaired) electrons. The van der Waals surface area contributed by atoms with Crippen molar-refractivity contribution in [3.8, 4) is 0 Å². The molecule has 0 saturated heterocycles. The molecular formula is C16H24N6O. The number of carbonyl (C=O) groups is 1. The molecular weight excluding hydrogens is 292 g/mol. The zero-order valence-corrected chi connectivity index (χ0v) is 13.8. The Bertz CT molecular complexity index is 661. The zero-order chi connectivity index (χ0) is 16.2. The van der Waals surface area contributed by atoms with Crippen molar-refractivity contribution in [2.75, 3.05) is 0 Å². The van der Waals surface area contributed by atoms with E-state index in [2.05, 4.69) is 32.1 Å². The number of aryl methyl sites for hydroxylation is 1. The maximum Gasteiger partial charge on any atom is 0.217 e. The topological polar surface area (TPSA) is 77.6 Å². The van der Waals surface area contributed by atoms with Crippen LogP contribution in [0.5, 0.6) is 0 Å². The van der Waals surface area contributed by atoms with Gasteiger partial charge in [0.25, 0.3) is 0 Å². The molecule has 7 nitrogen and oxygen atoms in total. The van der Waals surface area contributed by atoms with E-state index < -0.39 is 0 Å². The molecule has 1 aliphatic rings. The van der Waals surface area contributed by atoms with Crippen LogP contribution in [0.3, 0.4) is 0 Å². The molecule has 124 valence electrons. The molecule has 2 aromatic rings. The Morgan fingerprint density at radius 1 is 1.43 bits per heavy atom. The molecule has 1 N–H and O–H groups in total. The summed E-state index contributed by atoms with van der Waals surface area (Å²) >= 11 is 0. The van der Waals surface area contributed by atoms with Crippen molar-refractivity contribution >= 4 is 5.91 Å². The molecule has 1 aliphatic carbocycles. The molecule has 0 aromatic carbocycles. The van der Waals surface area contributed by atoms with Crippen molar-refractivity contribution in [3.63, 3.8) is 0 Å². The summed E-state index contributed by atoms with van der Waals surface area (Å²) in [6.07, 6.45) is 10.0. The third-order valence-corrected chi connectivity index (χ3v) is 4.51. The lowest BCUT2D eigenvalue weighted by Gasteiger charge is -2.19. The Kier molecular flexibility index (Phi) is 4.73. The normalized spacial score (nSPS) is 20.8. The summed E-state index contributed by atoms with van der Waals surface area (Å²) in [5.41, 5.74) is 0.937. The Morgan fingerprint density at radius 2 is 2.30 bits per heavy atom. The summed E-state index contributed by atoms with van der Waals surface area (Å²) < 4.78 is 4.01. The van der Waals surface area contributed by atoms with Crippen LogP contribution in [0.15, 0.2) is 18.6 Å². The number of carbonyl (C=O) groups excluding carboxylic acids is 1. The standard InChI is InChI=1S/C16H24N6O/c1-3-16-17-7-8-21(16)10-14-11-22(20-19-14)9-13-5-4-6-15(13)18-12(2)23/h7-8,11,13,15H,3-6,9-10H2,1-2H3,(H,18,23)/t13-,15-/m0/s1. The summed E-state index contributed by atoms with van der Waals surface area (Å²) in [7, 11) is 0. The number of hydrogen-bond donors (Lipinski definition) is 1. The lowest BCUT2D eigenvalue weighted by molar-refractivity contribution is -0.119. The molecule has 0 bridgehead atoms. The molecule has 3 rings (SSSR count). The van der Waals surface area contributed by atoms with Crippen LogP contribution in [0.2, 0.25) is 0 Å². The summed E-state index contributed by atoms with van der Waals surface area (Å²) in [6.45, 7) is 5.18. The predicted octanol–water partition coefficient (Wildman–Crippen LogP) is 1.39. The third kappa shape index (κ3) is 3.78. The minimum atomic E-state index is 0.0494. The van der Waals surface area contributed by atoms with Gasteiger partial charge in [0.1, 0.15) is 11.5 Å². The lowest BCUT2D eigenvalue weighted by Crippen LogP contribution is -2.37. The van der Waals surface area contributed by atoms with E-state index in [9.17, 15) is 4.79 Å². The monoisotopic (exact) mass is 316 g/mol. The number of imidazole rings is 1. The van der Waals surface area contributed by atoms with Gasteiger partial charge in [0.05, 0.1) is 12.7 Å². The van der Waals surface area contributed by atoms with Crippen LogP contribution in [0.4, 0.5) is 0 Å². The van der Waals surface area contributed by atoms with Gasteiger partial charge in [0.2, 0.25) is 5.91 Å². The second-order valence-electron chi connectivity index (χ2n) is 6.25. The highest BCUT2D eigenvalue weighted by atomic mass is 16.1. The number of nitrogens with one attached hydrogen (secondary N) is 1. The van der Waals surface area contributed by atoms with Crippen molar-refractivity contribution in [1.29, 1.82) is 0 Å². The van der Waals surface area contributed by atoms with Crippen LogP contribution in [0.25, 0.3) is 0 Å². The first-order valence-corrected chi connectivity index (χ1v) is 8.31. The fourth-order valence-corrected chi connectivity index (χ4v) is 3.42. The van der Waals surface area contributed by atoms with Gasteiger partial charge in [-0.05, 0) is 18.8 Å². The average molecular weight is 316 g/mol. The van der Waals surface area contributed by atoms with Crippen LogP contribution in [0, 0.1) is 5.92 Å². The van der Waals surface area contributed by atoms with Crippen molar-refractivity contribution in [2.24, 2.45) is 5.92 Å². The van der Waals surface area contributed by atoms with Crippen LogP contribution in [-0.4, -0.2) is 36.5 Å². The molecule has 2 aromatic heterocycles. The van der Waals surface area contributed by atoms with E-state index in [1.54, 1.807) is 6.92 Å². The van der Waals surface area contributed by atoms with Crippen molar-refractivity contribution in [2.45, 2.75) is 58.7 Å². The number of nitrogens with zero attached hydrogens (tertiary/aromatic N) is 5. The highest BCUT2D eigenvalue weighted by molar-refractivity contribution is 5.73. The first-order valence-electron chi connectivity index (χ1n) is 8.31. The molecule has 1 amide bonds. The number of rotatable bonds is 6. The van der Waals surface area contributed by atoms with Gasteiger partial charge in [0, 0.05) is 38.3 Å². The van der Waals surface area contributed by atoms with E-state index in [1.807, 2.05) is 23.3 Å². The number of hydrogen-bond acceptors (Lipinski definition) is 4. The fourth-order valence-electron chi connectivity index (χ4n) is 3.42. The fraction of sp³-hybridized carbons (Fsp3) is 0.625. The van der Waals surface area contributed by atoms with E-state index in [0.29, 0.717) is 12.5 Å². The molecule has 2 heterocycles. The van der Waals surface area contributed by atoms with Crippen LogP contribution in [-0.2, 0) is 24.3 Å². The molecule has 23 heavy (non-hydrogen) atoms. The smallest absolute Gasteiger partial charge is 0.217 e. The summed E-state index contributed by atoms with van der Waals surface area (Å²) in [4.78, 5) is 15.6. The van der Waals surface area contributed by atoms with Crippen molar-refractivity contribution in [1.82, 2.24) is 29.9 Å². The molecule has 0 spiro atoms. The predicted molar refractivity (Wildman–Crippen MR) is 85.7 cm³/mol. The van der Waals surface area contributed by atoms with Gasteiger partial charge >= 0.3 is 0 Å². The maximum absolute atomic E-state index is 11.3. The van der Waals surface area contributed by atoms with Gasteiger partial charge in [-0.1, -0.05) is 18.6 Å². The van der Waals surface area contributed by atoms with Crippen LogP contribution >= 0.6 is 0 Å².